The van der Waals surface area contributed by atoms with E-state index in [4.69, 9.17) is 18.9 Å². The minimum atomic E-state index is -2.17. The fraction of sp³-hybridized carbons (Fsp3) is 0.638. The number of esters is 1. The monoisotopic (exact) mass is 817 g/mol. The van der Waals surface area contributed by atoms with E-state index in [-0.39, 0.29) is 60.7 Å². The first-order valence-electron chi connectivity index (χ1n) is 21.4. The molecule has 7 rings (SSSR count). The molecule has 324 valence electrons. The lowest BCUT2D eigenvalue weighted by Gasteiger charge is -2.68. The highest BCUT2D eigenvalue weighted by molar-refractivity contribution is 6.10. The van der Waals surface area contributed by atoms with E-state index in [1.807, 2.05) is 32.9 Å². The standard InChI is InChI=1S/C47H67N3O9/c1-28(2)12-11-17-45(8)18-16-33-40(58-45)32(14-13-29(3)4)42-36(41(33)57-27-48-20-25-51)39(52)37-38(50-23-21-49(9)22-24-50)34-26-35(30(5)6)47(37,59-42)46(55,43(34)53)19-15-31(7)44(54)56-10/h12-13,15-16,18,30,34-35,37-38,48,51,55H,11,14,17,19-27H2,1-10H3/b31-15-. The average Bonchev–Trinajstić information content (AvgIpc) is 3.19. The van der Waals surface area contributed by atoms with Crippen LogP contribution in [0.3, 0.4) is 0 Å². The van der Waals surface area contributed by atoms with Crippen LogP contribution in [0.5, 0.6) is 17.2 Å². The number of aliphatic hydroxyl groups is 2. The Kier molecular flexibility index (Phi) is 13.4. The number of hydrogen-bond donors (Lipinski definition) is 3. The SMILES string of the molecule is COC(=O)/C(C)=C\CC1(O)C(=O)C2CC(C(C)C)C13Oc1c(CC=C(C)C)c4c(c(OCNCCO)c1C(=O)C3C2N1CCN(C)CC1)C=CC(C)(CCC=C(C)C)O4. The third kappa shape index (κ3) is 8.08. The summed E-state index contributed by atoms with van der Waals surface area (Å²) in [4.78, 5) is 48.6. The van der Waals surface area contributed by atoms with Crippen LogP contribution >= 0.6 is 0 Å². The van der Waals surface area contributed by atoms with Crippen molar-refractivity contribution in [3.63, 3.8) is 0 Å². The number of carbonyl (C=O) groups is 3. The fourth-order valence-corrected chi connectivity index (χ4v) is 10.3. The van der Waals surface area contributed by atoms with Gasteiger partial charge in [0.15, 0.2) is 22.8 Å². The van der Waals surface area contributed by atoms with Crippen LogP contribution in [0.25, 0.3) is 6.08 Å². The molecule has 12 nitrogen and oxygen atoms in total. The number of benzene rings is 1. The second-order valence-electron chi connectivity index (χ2n) is 18.4. The summed E-state index contributed by atoms with van der Waals surface area (Å²) < 4.78 is 26.2. The van der Waals surface area contributed by atoms with Crippen molar-refractivity contribution < 1.29 is 43.5 Å². The Bertz CT molecular complexity index is 1920. The Balaban J connectivity index is 1.66. The molecule has 3 aliphatic heterocycles. The Hall–Kier alpha value is -3.81. The second kappa shape index (κ2) is 17.7. The molecule has 1 aromatic rings. The maximum Gasteiger partial charge on any atom is 0.333 e. The smallest absolute Gasteiger partial charge is 0.333 e. The molecule has 6 aliphatic rings. The van der Waals surface area contributed by atoms with Gasteiger partial charge in [-0.15, -0.1) is 0 Å². The number of allylic oxidation sites excluding steroid dienone is 4. The zero-order valence-corrected chi connectivity index (χ0v) is 36.9. The molecule has 12 heteroatoms. The Morgan fingerprint density at radius 1 is 1.03 bits per heavy atom. The summed E-state index contributed by atoms with van der Waals surface area (Å²) in [5.74, 6) is -2.20. The van der Waals surface area contributed by atoms with Crippen molar-refractivity contribution in [1.82, 2.24) is 15.1 Å². The number of Topliss-reactive ketones (excluding diaryl/α,β-unsaturated/α-hetero) is 2. The first-order valence-corrected chi connectivity index (χ1v) is 21.4. The van der Waals surface area contributed by atoms with Crippen LogP contribution in [0.2, 0.25) is 0 Å². The molecule has 0 aromatic heterocycles. The van der Waals surface area contributed by atoms with E-state index in [0.717, 1.165) is 25.1 Å². The number of ketones is 2. The number of fused-ring (bicyclic) bond motifs is 4. The molecule has 3 heterocycles. The van der Waals surface area contributed by atoms with E-state index in [0.29, 0.717) is 55.0 Å². The van der Waals surface area contributed by atoms with Crippen LogP contribution in [0, 0.1) is 23.7 Å². The predicted octanol–water partition coefficient (Wildman–Crippen LogP) is 5.69. The van der Waals surface area contributed by atoms with Gasteiger partial charge in [0.25, 0.3) is 0 Å². The van der Waals surface area contributed by atoms with Crippen molar-refractivity contribution >= 4 is 23.6 Å². The molecular formula is C47H67N3O9. The Morgan fingerprint density at radius 2 is 1.73 bits per heavy atom. The molecule has 7 unspecified atom stereocenters. The first-order chi connectivity index (χ1) is 27.9. The Labute approximate surface area is 350 Å². The van der Waals surface area contributed by atoms with E-state index < -0.39 is 46.6 Å². The summed E-state index contributed by atoms with van der Waals surface area (Å²) in [5, 5.41) is 26.1. The summed E-state index contributed by atoms with van der Waals surface area (Å²) in [6, 6.07) is -0.541. The number of ether oxygens (including phenoxy) is 4. The zero-order chi connectivity index (χ0) is 43.0. The number of aliphatic hydroxyl groups excluding tert-OH is 1. The third-order valence-corrected chi connectivity index (χ3v) is 13.4. The van der Waals surface area contributed by atoms with E-state index in [9.17, 15) is 15.0 Å². The molecule has 1 aromatic carbocycles. The third-order valence-electron chi connectivity index (χ3n) is 13.4. The molecule has 4 fully saturated rings. The van der Waals surface area contributed by atoms with E-state index in [1.54, 1.807) is 13.0 Å². The molecule has 7 atom stereocenters. The van der Waals surface area contributed by atoms with Crippen LogP contribution in [-0.4, -0.2) is 121 Å². The van der Waals surface area contributed by atoms with Gasteiger partial charge in [-0.05, 0) is 92.3 Å². The van der Waals surface area contributed by atoms with E-state index >= 15 is 9.59 Å². The quantitative estimate of drug-likeness (QED) is 0.0658. The van der Waals surface area contributed by atoms with Crippen LogP contribution in [-0.2, 0) is 20.7 Å². The van der Waals surface area contributed by atoms with E-state index in [2.05, 4.69) is 62.0 Å². The molecule has 1 saturated heterocycles. The number of piperazine rings is 1. The summed E-state index contributed by atoms with van der Waals surface area (Å²) in [6.07, 6.45) is 11.9. The number of nitrogens with zero attached hydrogens (tertiary/aromatic N) is 2. The molecule has 0 amide bonds. The maximum absolute atomic E-state index is 16.2. The number of rotatable bonds is 15. The van der Waals surface area contributed by atoms with Gasteiger partial charge in [0.1, 0.15) is 35.1 Å². The second-order valence-corrected chi connectivity index (χ2v) is 18.4. The molecule has 0 radical (unpaired) electrons. The van der Waals surface area contributed by atoms with Crippen LogP contribution in [0.15, 0.2) is 41.0 Å². The number of carbonyl (C=O) groups excluding carboxylic acids is 3. The summed E-state index contributed by atoms with van der Waals surface area (Å²) in [7, 11) is 3.36. The van der Waals surface area contributed by atoms with Gasteiger partial charge in [-0.1, -0.05) is 43.2 Å². The summed E-state index contributed by atoms with van der Waals surface area (Å²) in [5.41, 5.74) is -0.526. The highest BCUT2D eigenvalue weighted by Crippen LogP contribution is 2.65. The molecule has 2 bridgehead atoms. The van der Waals surface area contributed by atoms with Crippen molar-refractivity contribution in [2.75, 3.05) is 60.2 Å². The molecule has 3 aliphatic carbocycles. The topological polar surface area (TPSA) is 147 Å². The normalized spacial score (nSPS) is 30.2. The average molecular weight is 818 g/mol. The zero-order valence-electron chi connectivity index (χ0n) is 36.9. The minimum absolute atomic E-state index is 0.000677. The number of nitrogens with one attached hydrogen (secondary N) is 1. The van der Waals surface area contributed by atoms with Crippen LogP contribution < -0.4 is 19.5 Å². The number of hydrogen-bond acceptors (Lipinski definition) is 12. The largest absolute Gasteiger partial charge is 0.482 e. The molecule has 59 heavy (non-hydrogen) atoms. The van der Waals surface area contributed by atoms with Crippen molar-refractivity contribution in [3.05, 3.63) is 57.7 Å². The molecular weight excluding hydrogens is 751 g/mol. The van der Waals surface area contributed by atoms with Crippen molar-refractivity contribution in [2.24, 2.45) is 23.7 Å². The van der Waals surface area contributed by atoms with Gasteiger partial charge in [0.05, 0.1) is 25.2 Å². The molecule has 3 saturated carbocycles. The highest BCUT2D eigenvalue weighted by atomic mass is 16.5. The van der Waals surface area contributed by atoms with E-state index in [1.165, 1.54) is 12.7 Å². The lowest BCUT2D eigenvalue weighted by atomic mass is 9.43. The summed E-state index contributed by atoms with van der Waals surface area (Å²) >= 11 is 0. The number of likely N-dealkylation sites (N-methyl/N-ethyl adjacent to an activating group) is 1. The predicted molar refractivity (Wildman–Crippen MR) is 228 cm³/mol. The highest BCUT2D eigenvalue weighted by Gasteiger charge is 2.79. The lowest BCUT2D eigenvalue weighted by molar-refractivity contribution is -0.254. The van der Waals surface area contributed by atoms with Gasteiger partial charge in [0, 0.05) is 68.2 Å². The Morgan fingerprint density at radius 3 is 2.36 bits per heavy atom. The lowest BCUT2D eigenvalue weighted by Crippen LogP contribution is -2.85. The van der Waals surface area contributed by atoms with Gasteiger partial charge < -0.3 is 34.1 Å². The molecule has 1 spiro atoms. The van der Waals surface area contributed by atoms with Crippen LogP contribution in [0.1, 0.15) is 103 Å². The summed E-state index contributed by atoms with van der Waals surface area (Å²) in [6.45, 7) is 19.0. The van der Waals surface area contributed by atoms with Crippen molar-refractivity contribution in [2.45, 2.75) is 110 Å². The van der Waals surface area contributed by atoms with Crippen LogP contribution in [0.4, 0.5) is 0 Å². The van der Waals surface area contributed by atoms with Gasteiger partial charge in [-0.2, -0.15) is 0 Å². The minimum Gasteiger partial charge on any atom is -0.482 e. The first kappa shape index (κ1) is 44.7. The van der Waals surface area contributed by atoms with Gasteiger partial charge in [-0.25, -0.2) is 4.79 Å². The fourth-order valence-electron chi connectivity index (χ4n) is 10.3. The van der Waals surface area contributed by atoms with Crippen molar-refractivity contribution in [1.29, 1.82) is 0 Å². The number of methoxy groups -OCH3 is 1. The van der Waals surface area contributed by atoms with Gasteiger partial charge >= 0.3 is 5.97 Å². The van der Waals surface area contributed by atoms with Gasteiger partial charge in [-0.3, -0.25) is 19.8 Å². The molecule has 3 N–H and O–H groups in total. The maximum atomic E-state index is 16.2. The van der Waals surface area contributed by atoms with Crippen molar-refractivity contribution in [3.8, 4) is 17.2 Å². The van der Waals surface area contributed by atoms with Gasteiger partial charge in [0.2, 0.25) is 0 Å².